The third-order valence-corrected chi connectivity index (χ3v) is 7.60. The van der Waals surface area contributed by atoms with E-state index in [2.05, 4.69) is 30.1 Å². The molecule has 1 aromatic rings. The second-order valence-corrected chi connectivity index (χ2v) is 10.1. The predicted octanol–water partition coefficient (Wildman–Crippen LogP) is -0.112. The van der Waals surface area contributed by atoms with Gasteiger partial charge < -0.3 is 15.5 Å². The summed E-state index contributed by atoms with van der Waals surface area (Å²) in [6.07, 6.45) is 2.21. The molecule has 1 saturated heterocycles. The van der Waals surface area contributed by atoms with Crippen LogP contribution in [0.25, 0.3) is 0 Å². The van der Waals surface area contributed by atoms with Gasteiger partial charge in [0.1, 0.15) is 4.21 Å². The van der Waals surface area contributed by atoms with Crippen LogP contribution >= 0.6 is 11.3 Å². The van der Waals surface area contributed by atoms with Gasteiger partial charge in [0, 0.05) is 45.3 Å². The first-order valence-electron chi connectivity index (χ1n) is 10.1. The smallest absolute Gasteiger partial charge is 0.250 e. The fraction of sp³-hybridized carbons (Fsp3) is 0.667. The molecule has 0 aromatic carbocycles. The molecule has 0 unspecified atom stereocenters. The van der Waals surface area contributed by atoms with E-state index in [4.69, 9.17) is 0 Å². The Bertz CT molecular complexity index is 785. The molecular weight excluding hydrogens is 412 g/mol. The van der Waals surface area contributed by atoms with Crippen LogP contribution in [0.4, 0.5) is 0 Å². The van der Waals surface area contributed by atoms with Crippen LogP contribution in [-0.2, 0) is 14.8 Å². The fourth-order valence-electron chi connectivity index (χ4n) is 3.08. The Labute approximate surface area is 176 Å². The van der Waals surface area contributed by atoms with E-state index >= 15 is 0 Å². The molecular formula is C18H30N6O3S2. The van der Waals surface area contributed by atoms with Crippen molar-refractivity contribution >= 4 is 33.2 Å². The van der Waals surface area contributed by atoms with Gasteiger partial charge in [-0.3, -0.25) is 14.7 Å². The summed E-state index contributed by atoms with van der Waals surface area (Å²) in [7, 11) is -3.45. The Morgan fingerprint density at radius 3 is 2.66 bits per heavy atom. The van der Waals surface area contributed by atoms with Gasteiger partial charge in [0.05, 0.1) is 13.1 Å². The van der Waals surface area contributed by atoms with Gasteiger partial charge in [0.15, 0.2) is 5.96 Å². The van der Waals surface area contributed by atoms with Crippen molar-refractivity contribution in [2.75, 3.05) is 52.4 Å². The molecule has 1 saturated carbocycles. The lowest BCUT2D eigenvalue weighted by molar-refractivity contribution is -0.122. The number of thiophene rings is 1. The van der Waals surface area contributed by atoms with Gasteiger partial charge in [-0.15, -0.1) is 11.3 Å². The fourth-order valence-corrected chi connectivity index (χ4v) is 5.14. The number of aliphatic imine (C=N–C) groups is 1. The summed E-state index contributed by atoms with van der Waals surface area (Å²) in [5.74, 6) is 0.893. The second kappa shape index (κ2) is 10.4. The number of carbonyl (C=O) groups is 1. The number of hydrogen-bond acceptors (Lipinski definition) is 6. The molecule has 29 heavy (non-hydrogen) atoms. The number of piperazine rings is 1. The van der Waals surface area contributed by atoms with Gasteiger partial charge in [0.25, 0.3) is 0 Å². The van der Waals surface area contributed by atoms with Gasteiger partial charge in [-0.05, 0) is 31.2 Å². The Balaban J connectivity index is 1.43. The van der Waals surface area contributed by atoms with Crippen molar-refractivity contribution < 1.29 is 13.2 Å². The zero-order valence-corrected chi connectivity index (χ0v) is 18.4. The summed E-state index contributed by atoms with van der Waals surface area (Å²) in [6.45, 7) is 6.96. The molecule has 0 bridgehead atoms. The van der Waals surface area contributed by atoms with Crippen molar-refractivity contribution in [3.63, 3.8) is 0 Å². The molecule has 9 nitrogen and oxygen atoms in total. The molecule has 3 N–H and O–H groups in total. The van der Waals surface area contributed by atoms with Crippen LogP contribution < -0.4 is 15.4 Å². The minimum Gasteiger partial charge on any atom is -0.357 e. The summed E-state index contributed by atoms with van der Waals surface area (Å²) in [5, 5.41) is 8.04. The monoisotopic (exact) mass is 442 g/mol. The number of rotatable bonds is 9. The molecule has 3 rings (SSSR count). The van der Waals surface area contributed by atoms with Gasteiger partial charge in [-0.25, -0.2) is 13.1 Å². The molecule has 2 aliphatic rings. The van der Waals surface area contributed by atoms with E-state index in [0.717, 1.165) is 51.5 Å². The Morgan fingerprint density at radius 2 is 2.03 bits per heavy atom. The SMILES string of the molecule is CCNC(=NCCNS(=O)(=O)c1cccs1)N1CCN(CC(=O)NC2CC2)CC1. The maximum absolute atomic E-state index is 12.1. The van der Waals surface area contributed by atoms with E-state index in [1.165, 1.54) is 11.3 Å². The van der Waals surface area contributed by atoms with E-state index in [0.29, 0.717) is 23.3 Å². The minimum absolute atomic E-state index is 0.111. The summed E-state index contributed by atoms with van der Waals surface area (Å²) >= 11 is 1.20. The molecule has 0 radical (unpaired) electrons. The van der Waals surface area contributed by atoms with Gasteiger partial charge in [0.2, 0.25) is 15.9 Å². The van der Waals surface area contributed by atoms with Crippen LogP contribution in [0.2, 0.25) is 0 Å². The largest absolute Gasteiger partial charge is 0.357 e. The highest BCUT2D eigenvalue weighted by atomic mass is 32.2. The standard InChI is InChI=1S/C18H30N6O3S2/c1-2-19-18(20-7-8-21-29(26,27)17-4-3-13-28-17)24-11-9-23(10-12-24)14-16(25)22-15-5-6-15/h3-4,13,15,21H,2,5-12,14H2,1H3,(H,19,20)(H,22,25). The molecule has 1 aliphatic heterocycles. The van der Waals surface area contributed by atoms with Gasteiger partial charge in [-0.2, -0.15) is 0 Å². The third kappa shape index (κ3) is 6.95. The molecule has 1 aromatic heterocycles. The number of nitrogens with zero attached hydrogens (tertiary/aromatic N) is 3. The molecule has 1 aliphatic carbocycles. The van der Waals surface area contributed by atoms with Crippen LogP contribution in [0.3, 0.4) is 0 Å². The lowest BCUT2D eigenvalue weighted by Gasteiger charge is -2.36. The van der Waals surface area contributed by atoms with Crippen molar-refractivity contribution in [2.24, 2.45) is 4.99 Å². The maximum Gasteiger partial charge on any atom is 0.250 e. The summed E-state index contributed by atoms with van der Waals surface area (Å²) in [5.41, 5.74) is 0. The number of sulfonamides is 1. The van der Waals surface area contributed by atoms with Gasteiger partial charge >= 0.3 is 0 Å². The van der Waals surface area contributed by atoms with E-state index < -0.39 is 10.0 Å². The zero-order chi connectivity index (χ0) is 20.7. The Morgan fingerprint density at radius 1 is 1.28 bits per heavy atom. The summed E-state index contributed by atoms with van der Waals surface area (Å²) in [6, 6.07) is 3.70. The molecule has 1 amide bonds. The molecule has 0 atom stereocenters. The van der Waals surface area contributed by atoms with E-state index in [1.54, 1.807) is 17.5 Å². The minimum atomic E-state index is -3.45. The van der Waals surface area contributed by atoms with Crippen LogP contribution in [0.15, 0.2) is 26.7 Å². The first-order valence-corrected chi connectivity index (χ1v) is 12.4. The van der Waals surface area contributed by atoms with E-state index in [1.807, 2.05) is 6.92 Å². The quantitative estimate of drug-likeness (QED) is 0.280. The lowest BCUT2D eigenvalue weighted by Crippen LogP contribution is -2.54. The highest BCUT2D eigenvalue weighted by Gasteiger charge is 2.26. The average molecular weight is 443 g/mol. The zero-order valence-electron chi connectivity index (χ0n) is 16.8. The Hall–Kier alpha value is -1.69. The van der Waals surface area contributed by atoms with Crippen LogP contribution in [0.5, 0.6) is 0 Å². The predicted molar refractivity (Wildman–Crippen MR) is 115 cm³/mol. The summed E-state index contributed by atoms with van der Waals surface area (Å²) in [4.78, 5) is 20.8. The van der Waals surface area contributed by atoms with Crippen LogP contribution in [0, 0.1) is 0 Å². The third-order valence-electron chi connectivity index (χ3n) is 4.74. The normalized spacial score (nSPS) is 18.7. The maximum atomic E-state index is 12.1. The van der Waals surface area contributed by atoms with Crippen molar-refractivity contribution in [3.05, 3.63) is 17.5 Å². The average Bonchev–Trinajstić information content (AvgIpc) is 3.31. The van der Waals surface area contributed by atoms with Crippen molar-refractivity contribution in [1.82, 2.24) is 25.2 Å². The van der Waals surface area contributed by atoms with Crippen LogP contribution in [-0.4, -0.2) is 88.5 Å². The van der Waals surface area contributed by atoms with Crippen LogP contribution in [0.1, 0.15) is 19.8 Å². The first-order chi connectivity index (χ1) is 14.0. The van der Waals surface area contributed by atoms with Crippen molar-refractivity contribution in [2.45, 2.75) is 30.0 Å². The highest BCUT2D eigenvalue weighted by molar-refractivity contribution is 7.91. The van der Waals surface area contributed by atoms with Gasteiger partial charge in [-0.1, -0.05) is 6.07 Å². The second-order valence-electron chi connectivity index (χ2n) is 7.17. The molecule has 162 valence electrons. The van der Waals surface area contributed by atoms with Crippen molar-refractivity contribution in [3.8, 4) is 0 Å². The topological polar surface area (TPSA) is 106 Å². The van der Waals surface area contributed by atoms with E-state index in [9.17, 15) is 13.2 Å². The summed E-state index contributed by atoms with van der Waals surface area (Å²) < 4.78 is 27.2. The molecule has 0 spiro atoms. The number of amides is 1. The molecule has 2 heterocycles. The first kappa shape index (κ1) is 22.0. The number of guanidine groups is 1. The number of nitrogens with one attached hydrogen (secondary N) is 3. The van der Waals surface area contributed by atoms with Crippen molar-refractivity contribution in [1.29, 1.82) is 0 Å². The highest BCUT2D eigenvalue weighted by Crippen LogP contribution is 2.18. The Kier molecular flexibility index (Phi) is 7.87. The molecule has 11 heteroatoms. The number of hydrogen-bond donors (Lipinski definition) is 3. The molecule has 2 fully saturated rings. The number of carbonyl (C=O) groups excluding carboxylic acids is 1. The lowest BCUT2D eigenvalue weighted by atomic mass is 10.3. The van der Waals surface area contributed by atoms with E-state index in [-0.39, 0.29) is 12.5 Å².